The fourth-order valence-electron chi connectivity index (χ4n) is 9.03. The number of alkyl halides is 4. The van der Waals surface area contributed by atoms with E-state index < -0.39 is 47.6 Å². The van der Waals surface area contributed by atoms with Gasteiger partial charge in [0.15, 0.2) is 5.82 Å². The summed E-state index contributed by atoms with van der Waals surface area (Å²) in [7, 11) is 1.33. The van der Waals surface area contributed by atoms with Crippen LogP contribution in [0.1, 0.15) is 56.9 Å². The number of likely N-dealkylation sites (tertiary alicyclic amines) is 1. The Morgan fingerprint density at radius 1 is 1.02 bits per heavy atom. The number of phenolic OH excluding ortho intramolecular Hbond substituents is 1. The first-order valence-corrected chi connectivity index (χ1v) is 19.5. The average Bonchev–Trinajstić information content (AvgIpc) is 4.13. The second-order valence-electron chi connectivity index (χ2n) is 16.4. The lowest BCUT2D eigenvalue weighted by atomic mass is 9.95. The van der Waals surface area contributed by atoms with Crippen molar-refractivity contribution < 1.29 is 45.7 Å². The molecule has 5 fully saturated rings. The van der Waals surface area contributed by atoms with Gasteiger partial charge in [0.05, 0.1) is 31.4 Å². The molecule has 3 saturated heterocycles. The van der Waals surface area contributed by atoms with E-state index in [1.807, 2.05) is 4.90 Å². The van der Waals surface area contributed by atoms with Crippen LogP contribution < -0.4 is 19.7 Å². The van der Waals surface area contributed by atoms with Crippen LogP contribution in [0.3, 0.4) is 0 Å². The molecule has 5 aliphatic rings. The lowest BCUT2D eigenvalue weighted by molar-refractivity contribution is -0.163. The number of nitrogens with one attached hydrogen (secondary N) is 1. The Balaban J connectivity index is 1.12. The number of rotatable bonds is 9. The van der Waals surface area contributed by atoms with Crippen molar-refractivity contribution in [3.05, 3.63) is 41.5 Å². The number of piperazine rings is 1. The number of aromatic hydroxyl groups is 1. The standard InChI is InChI=1S/C41H41F6N7O4/c1-3-27-29(43)7-4-22-16-26(55)17-28(30(22)27)33-32(44)34-31(36(48-33)57-2)35(50-37(49-34)58-21-39(10-11-39)20-52-14-8-23(42)9-15-52)53-18-24-5-6-25(19-53)54(24)38(56)51-40(12-13-40)41(45,46)47/h1,4,7,16-17,23-25,55H,5-6,8-15,18-21H2,2H3,(H,51,56). The molecule has 2 atom stereocenters. The summed E-state index contributed by atoms with van der Waals surface area (Å²) in [5.41, 5.74) is -3.21. The lowest BCUT2D eigenvalue weighted by Gasteiger charge is -2.42. The van der Waals surface area contributed by atoms with Crippen molar-refractivity contribution in [2.75, 3.05) is 51.3 Å². The molecule has 2 bridgehead atoms. The minimum Gasteiger partial charge on any atom is -0.508 e. The van der Waals surface area contributed by atoms with Gasteiger partial charge in [-0.05, 0) is 75.0 Å². The number of nitrogens with zero attached hydrogens (tertiary/aromatic N) is 6. The number of phenols is 1. The number of hydrogen-bond donors (Lipinski definition) is 2. The topological polar surface area (TPSA) is 116 Å². The minimum absolute atomic E-state index is 0.0123. The molecule has 2 saturated carbocycles. The fourth-order valence-corrected chi connectivity index (χ4v) is 9.03. The Morgan fingerprint density at radius 2 is 1.72 bits per heavy atom. The van der Waals surface area contributed by atoms with Crippen LogP contribution >= 0.6 is 0 Å². The molecular weight excluding hydrogens is 768 g/mol. The van der Waals surface area contributed by atoms with E-state index in [1.54, 1.807) is 0 Å². The second-order valence-corrected chi connectivity index (χ2v) is 16.4. The third-order valence-electron chi connectivity index (χ3n) is 12.6. The van der Waals surface area contributed by atoms with Crippen molar-refractivity contribution in [1.29, 1.82) is 0 Å². The first kappa shape index (κ1) is 38.3. The van der Waals surface area contributed by atoms with Crippen molar-refractivity contribution in [2.24, 2.45) is 5.41 Å². The maximum atomic E-state index is 17.3. The monoisotopic (exact) mass is 809 g/mol. The van der Waals surface area contributed by atoms with Crippen molar-refractivity contribution >= 4 is 33.5 Å². The van der Waals surface area contributed by atoms with Crippen LogP contribution in [-0.4, -0.2) is 112 Å². The highest BCUT2D eigenvalue weighted by Crippen LogP contribution is 2.50. The number of aromatic nitrogens is 3. The predicted molar refractivity (Wildman–Crippen MR) is 201 cm³/mol. The summed E-state index contributed by atoms with van der Waals surface area (Å²) in [6.45, 7) is 2.47. The van der Waals surface area contributed by atoms with Crippen LogP contribution in [-0.2, 0) is 0 Å². The number of piperidine rings is 1. The Morgan fingerprint density at radius 3 is 2.34 bits per heavy atom. The number of ether oxygens (including phenoxy) is 2. The molecule has 9 rings (SSSR count). The van der Waals surface area contributed by atoms with Crippen LogP contribution in [0.5, 0.6) is 17.6 Å². The van der Waals surface area contributed by atoms with E-state index in [0.717, 1.165) is 18.9 Å². The van der Waals surface area contributed by atoms with Crippen LogP contribution in [0, 0.1) is 29.4 Å². The van der Waals surface area contributed by atoms with E-state index in [-0.39, 0.29) is 94.5 Å². The molecule has 2 aromatic carbocycles. The zero-order valence-corrected chi connectivity index (χ0v) is 31.6. The van der Waals surface area contributed by atoms with E-state index in [2.05, 4.69) is 26.1 Å². The summed E-state index contributed by atoms with van der Waals surface area (Å²) in [5, 5.41) is 13.5. The molecule has 2 amide bonds. The summed E-state index contributed by atoms with van der Waals surface area (Å²) >= 11 is 0. The smallest absolute Gasteiger partial charge is 0.411 e. The molecule has 4 aromatic rings. The minimum atomic E-state index is -4.57. The number of pyridine rings is 1. The van der Waals surface area contributed by atoms with E-state index in [4.69, 9.17) is 20.9 Å². The highest BCUT2D eigenvalue weighted by atomic mass is 19.4. The SMILES string of the molecule is C#Cc1c(F)ccc2cc(O)cc(-c3nc(OC)c4c(N5CC6CCC(C5)N6C(=O)NC5(C(F)(F)F)CC5)nc(OCC5(CN6CCC(F)CC6)CC5)nc4c3F)c12. The number of carbonyl (C=O) groups excluding carboxylic acids is 1. The summed E-state index contributed by atoms with van der Waals surface area (Å²) < 4.78 is 99.7. The molecule has 3 aliphatic heterocycles. The van der Waals surface area contributed by atoms with Crippen molar-refractivity contribution in [2.45, 2.75) is 81.3 Å². The first-order chi connectivity index (χ1) is 27.7. The van der Waals surface area contributed by atoms with E-state index in [9.17, 15) is 27.5 Å². The molecule has 2 N–H and O–H groups in total. The number of urea groups is 1. The Kier molecular flexibility index (Phi) is 9.21. The van der Waals surface area contributed by atoms with Gasteiger partial charge in [-0.1, -0.05) is 12.0 Å². The Labute approximate surface area is 329 Å². The lowest BCUT2D eigenvalue weighted by Crippen LogP contribution is -2.61. The molecule has 11 nitrogen and oxygen atoms in total. The van der Waals surface area contributed by atoms with Gasteiger partial charge in [0.1, 0.15) is 45.7 Å². The highest BCUT2D eigenvalue weighted by molar-refractivity contribution is 6.04. The summed E-state index contributed by atoms with van der Waals surface area (Å²) in [4.78, 5) is 32.8. The van der Waals surface area contributed by atoms with Crippen molar-refractivity contribution in [3.8, 4) is 41.2 Å². The number of fused-ring (bicyclic) bond motifs is 4. The number of benzene rings is 2. The number of halogens is 6. The van der Waals surface area contributed by atoms with E-state index in [0.29, 0.717) is 50.7 Å². The number of terminal acetylenes is 1. The molecule has 58 heavy (non-hydrogen) atoms. The van der Waals surface area contributed by atoms with Gasteiger partial charge in [-0.3, -0.25) is 0 Å². The molecular formula is C41H41F6N7O4. The molecule has 17 heteroatoms. The van der Waals surface area contributed by atoms with E-state index in [1.165, 1.54) is 30.2 Å². The van der Waals surface area contributed by atoms with Gasteiger partial charge in [-0.15, -0.1) is 6.42 Å². The van der Waals surface area contributed by atoms with Crippen LogP contribution in [0.25, 0.3) is 32.9 Å². The molecule has 2 aliphatic carbocycles. The van der Waals surface area contributed by atoms with Crippen LogP contribution in [0.15, 0.2) is 24.3 Å². The number of hydrogen-bond acceptors (Lipinski definition) is 9. The fraction of sp³-hybridized carbons (Fsp3) is 0.512. The average molecular weight is 810 g/mol. The van der Waals surface area contributed by atoms with Crippen LogP contribution in [0.2, 0.25) is 0 Å². The first-order valence-electron chi connectivity index (χ1n) is 19.5. The van der Waals surface area contributed by atoms with Gasteiger partial charge in [-0.25, -0.2) is 22.9 Å². The zero-order chi connectivity index (χ0) is 40.7. The number of carbonyl (C=O) groups is 1. The predicted octanol–water partition coefficient (Wildman–Crippen LogP) is 6.87. The second kappa shape index (κ2) is 14.0. The Hall–Kier alpha value is -5.24. The number of methoxy groups -OCH3 is 1. The summed E-state index contributed by atoms with van der Waals surface area (Å²) in [6.07, 6.45) is 3.69. The van der Waals surface area contributed by atoms with Gasteiger partial charge < -0.3 is 34.6 Å². The van der Waals surface area contributed by atoms with E-state index >= 15 is 8.78 Å². The normalized spacial score (nSPS) is 22.6. The zero-order valence-electron chi connectivity index (χ0n) is 31.6. The molecule has 2 unspecified atom stereocenters. The van der Waals surface area contributed by atoms with Crippen LogP contribution in [0.4, 0.5) is 37.0 Å². The van der Waals surface area contributed by atoms with Gasteiger partial charge in [-0.2, -0.15) is 23.1 Å². The Bertz CT molecular complexity index is 2340. The highest BCUT2D eigenvalue weighted by Gasteiger charge is 2.65. The summed E-state index contributed by atoms with van der Waals surface area (Å²) in [6, 6.07) is 3.26. The van der Waals surface area contributed by atoms with Crippen molar-refractivity contribution in [3.63, 3.8) is 0 Å². The van der Waals surface area contributed by atoms with Crippen molar-refractivity contribution in [1.82, 2.24) is 30.1 Å². The quantitative estimate of drug-likeness (QED) is 0.138. The maximum absolute atomic E-state index is 17.3. The largest absolute Gasteiger partial charge is 0.508 e. The summed E-state index contributed by atoms with van der Waals surface area (Å²) in [5.74, 6) is 0.471. The third kappa shape index (κ3) is 6.62. The molecule has 0 spiro atoms. The number of anilines is 1. The maximum Gasteiger partial charge on any atom is 0.411 e. The number of amides is 2. The van der Waals surface area contributed by atoms with Gasteiger partial charge in [0.2, 0.25) is 5.88 Å². The molecule has 5 heterocycles. The van der Waals surface area contributed by atoms with Gasteiger partial charge in [0, 0.05) is 49.1 Å². The van der Waals surface area contributed by atoms with Gasteiger partial charge >= 0.3 is 18.2 Å². The van der Waals surface area contributed by atoms with Gasteiger partial charge in [0.25, 0.3) is 0 Å². The third-order valence-corrected chi connectivity index (χ3v) is 12.6. The molecule has 0 radical (unpaired) electrons. The molecule has 306 valence electrons. The molecule has 2 aromatic heterocycles.